The van der Waals surface area contributed by atoms with E-state index in [0.717, 1.165) is 35.9 Å². The van der Waals surface area contributed by atoms with E-state index in [9.17, 15) is 4.79 Å². The van der Waals surface area contributed by atoms with Crippen LogP contribution < -0.4 is 5.32 Å². The van der Waals surface area contributed by atoms with E-state index < -0.39 is 0 Å². The molecule has 4 rings (SSSR count). The second kappa shape index (κ2) is 4.65. The van der Waals surface area contributed by atoms with Crippen LogP contribution >= 0.6 is 0 Å². The van der Waals surface area contributed by atoms with E-state index in [2.05, 4.69) is 20.8 Å². The van der Waals surface area contributed by atoms with Crippen molar-refractivity contribution in [2.24, 2.45) is 24.8 Å². The zero-order valence-corrected chi connectivity index (χ0v) is 11.9. The molecule has 6 nitrogen and oxygen atoms in total. The molecule has 2 unspecified atom stereocenters. The largest absolute Gasteiger partial charge is 0.326 e. The minimum absolute atomic E-state index is 0.149. The van der Waals surface area contributed by atoms with E-state index in [1.165, 1.54) is 6.42 Å². The number of amides is 1. The summed E-state index contributed by atoms with van der Waals surface area (Å²) >= 11 is 0. The van der Waals surface area contributed by atoms with Crippen LogP contribution in [0.1, 0.15) is 19.3 Å². The first kappa shape index (κ1) is 12.5. The van der Waals surface area contributed by atoms with Gasteiger partial charge in [0.1, 0.15) is 0 Å². The van der Waals surface area contributed by atoms with E-state index >= 15 is 0 Å². The van der Waals surface area contributed by atoms with Gasteiger partial charge in [-0.3, -0.25) is 4.79 Å². The number of anilines is 1. The summed E-state index contributed by atoms with van der Waals surface area (Å²) in [5, 5.41) is 14.5. The Morgan fingerprint density at radius 2 is 2.10 bits per heavy atom. The zero-order chi connectivity index (χ0) is 14.4. The standard InChI is InChI=1S/C15H17N5O/c1-20-14(17-18-19-20)9-3-2-4-13(8-9)16-15(21)12-6-10-5-11(10)7-12/h2-4,8,10-12H,5-7H2,1H3,(H,16,21). The molecule has 1 heterocycles. The maximum Gasteiger partial charge on any atom is 0.227 e. The predicted octanol–water partition coefficient (Wildman–Crippen LogP) is 1.86. The second-order valence-electron chi connectivity index (χ2n) is 6.12. The van der Waals surface area contributed by atoms with E-state index in [-0.39, 0.29) is 11.8 Å². The Balaban J connectivity index is 1.50. The van der Waals surface area contributed by atoms with Crippen LogP contribution in [0.5, 0.6) is 0 Å². The molecule has 108 valence electrons. The van der Waals surface area contributed by atoms with Gasteiger partial charge < -0.3 is 5.32 Å². The van der Waals surface area contributed by atoms with Crippen molar-refractivity contribution in [2.45, 2.75) is 19.3 Å². The van der Waals surface area contributed by atoms with Crippen molar-refractivity contribution in [3.63, 3.8) is 0 Å². The molecule has 0 saturated heterocycles. The van der Waals surface area contributed by atoms with Crippen molar-refractivity contribution in [1.29, 1.82) is 0 Å². The monoisotopic (exact) mass is 283 g/mol. The molecule has 0 spiro atoms. The lowest BCUT2D eigenvalue weighted by molar-refractivity contribution is -0.120. The van der Waals surface area contributed by atoms with E-state index in [0.29, 0.717) is 5.82 Å². The van der Waals surface area contributed by atoms with E-state index in [1.807, 2.05) is 24.3 Å². The van der Waals surface area contributed by atoms with Crippen molar-refractivity contribution in [3.05, 3.63) is 24.3 Å². The molecule has 1 N–H and O–H groups in total. The average Bonchev–Trinajstić information content (AvgIpc) is 2.89. The van der Waals surface area contributed by atoms with Gasteiger partial charge in [-0.2, -0.15) is 0 Å². The van der Waals surface area contributed by atoms with Gasteiger partial charge in [0.25, 0.3) is 0 Å². The summed E-state index contributed by atoms with van der Waals surface area (Å²) in [5.41, 5.74) is 1.70. The molecule has 1 amide bonds. The lowest BCUT2D eigenvalue weighted by Gasteiger charge is -2.12. The summed E-state index contributed by atoms with van der Waals surface area (Å²) in [7, 11) is 1.80. The number of nitrogens with zero attached hydrogens (tertiary/aromatic N) is 4. The summed E-state index contributed by atoms with van der Waals surface area (Å²) in [5.74, 6) is 2.66. The van der Waals surface area contributed by atoms with Gasteiger partial charge in [-0.15, -0.1) is 5.10 Å². The normalized spacial score (nSPS) is 26.4. The highest BCUT2D eigenvalue weighted by molar-refractivity contribution is 5.93. The molecule has 2 aliphatic carbocycles. The van der Waals surface area contributed by atoms with E-state index in [1.54, 1.807) is 11.7 Å². The highest BCUT2D eigenvalue weighted by atomic mass is 16.1. The third kappa shape index (κ3) is 2.30. The summed E-state index contributed by atoms with van der Waals surface area (Å²) in [4.78, 5) is 12.3. The number of tetrazole rings is 1. The highest BCUT2D eigenvalue weighted by Gasteiger charge is 2.47. The van der Waals surface area contributed by atoms with Gasteiger partial charge in [-0.25, -0.2) is 4.68 Å². The number of aryl methyl sites for hydroxylation is 1. The summed E-state index contributed by atoms with van der Waals surface area (Å²) < 4.78 is 1.62. The van der Waals surface area contributed by atoms with Crippen LogP contribution in [-0.4, -0.2) is 26.1 Å². The Hall–Kier alpha value is -2.24. The first-order valence-corrected chi connectivity index (χ1v) is 7.34. The molecule has 0 bridgehead atoms. The Bertz CT molecular complexity index is 685. The van der Waals surface area contributed by atoms with Crippen molar-refractivity contribution >= 4 is 11.6 Å². The molecular weight excluding hydrogens is 266 g/mol. The van der Waals surface area contributed by atoms with Crippen molar-refractivity contribution in [2.75, 3.05) is 5.32 Å². The molecule has 2 aromatic rings. The van der Waals surface area contributed by atoms with Crippen LogP contribution in [0.25, 0.3) is 11.4 Å². The minimum Gasteiger partial charge on any atom is -0.326 e. The Labute approximate surface area is 122 Å². The number of benzene rings is 1. The number of nitrogens with one attached hydrogen (secondary N) is 1. The van der Waals surface area contributed by atoms with Crippen molar-refractivity contribution in [1.82, 2.24) is 20.2 Å². The third-order valence-electron chi connectivity index (χ3n) is 4.62. The number of hydrogen-bond acceptors (Lipinski definition) is 4. The fourth-order valence-corrected chi connectivity index (χ4v) is 3.38. The molecule has 0 aliphatic heterocycles. The first-order chi connectivity index (χ1) is 10.2. The molecule has 2 aliphatic rings. The van der Waals surface area contributed by atoms with Crippen LogP contribution in [0.4, 0.5) is 5.69 Å². The fraction of sp³-hybridized carbons (Fsp3) is 0.467. The zero-order valence-electron chi connectivity index (χ0n) is 11.9. The lowest BCUT2D eigenvalue weighted by atomic mass is 10.0. The molecule has 6 heteroatoms. The second-order valence-corrected chi connectivity index (χ2v) is 6.12. The number of hydrogen-bond donors (Lipinski definition) is 1. The van der Waals surface area contributed by atoms with Crippen LogP contribution in [0.15, 0.2) is 24.3 Å². The molecule has 2 atom stereocenters. The number of carbonyl (C=O) groups excluding carboxylic acids is 1. The van der Waals surface area contributed by atoms with Gasteiger partial charge >= 0.3 is 0 Å². The summed E-state index contributed by atoms with van der Waals surface area (Å²) in [6.07, 6.45) is 3.45. The SMILES string of the molecule is Cn1nnnc1-c1cccc(NC(=O)C2CC3CC3C2)c1. The third-order valence-corrected chi connectivity index (χ3v) is 4.62. The van der Waals surface area contributed by atoms with Crippen LogP contribution in [0, 0.1) is 17.8 Å². The number of carbonyl (C=O) groups is 1. The maximum atomic E-state index is 12.3. The van der Waals surface area contributed by atoms with Crippen LogP contribution in [0.2, 0.25) is 0 Å². The Morgan fingerprint density at radius 1 is 1.29 bits per heavy atom. The molecule has 0 radical (unpaired) electrons. The first-order valence-electron chi connectivity index (χ1n) is 7.34. The smallest absolute Gasteiger partial charge is 0.227 e. The van der Waals surface area contributed by atoms with E-state index in [4.69, 9.17) is 0 Å². The van der Waals surface area contributed by atoms with Gasteiger partial charge in [0, 0.05) is 24.2 Å². The quantitative estimate of drug-likeness (QED) is 0.933. The molecule has 2 saturated carbocycles. The van der Waals surface area contributed by atoms with Gasteiger partial charge in [0.2, 0.25) is 5.91 Å². The predicted molar refractivity (Wildman–Crippen MR) is 77.2 cm³/mol. The van der Waals surface area contributed by atoms with Crippen molar-refractivity contribution in [3.8, 4) is 11.4 Å². The highest BCUT2D eigenvalue weighted by Crippen LogP contribution is 2.54. The summed E-state index contributed by atoms with van der Waals surface area (Å²) in [6.45, 7) is 0. The molecule has 1 aromatic heterocycles. The minimum atomic E-state index is 0.149. The number of fused-ring (bicyclic) bond motifs is 1. The Morgan fingerprint density at radius 3 is 2.81 bits per heavy atom. The fourth-order valence-electron chi connectivity index (χ4n) is 3.38. The Kier molecular flexibility index (Phi) is 2.77. The van der Waals surface area contributed by atoms with Gasteiger partial charge in [0.15, 0.2) is 5.82 Å². The van der Waals surface area contributed by atoms with Crippen LogP contribution in [-0.2, 0) is 11.8 Å². The lowest BCUT2D eigenvalue weighted by Crippen LogP contribution is -2.21. The maximum absolute atomic E-state index is 12.3. The van der Waals surface area contributed by atoms with Gasteiger partial charge in [-0.05, 0) is 53.7 Å². The molecule has 1 aromatic carbocycles. The topological polar surface area (TPSA) is 72.7 Å². The summed E-state index contributed by atoms with van der Waals surface area (Å²) in [6, 6.07) is 7.66. The van der Waals surface area contributed by atoms with Gasteiger partial charge in [0.05, 0.1) is 0 Å². The average molecular weight is 283 g/mol. The number of rotatable bonds is 3. The molecular formula is C15H17N5O. The van der Waals surface area contributed by atoms with Crippen LogP contribution in [0.3, 0.4) is 0 Å². The van der Waals surface area contributed by atoms with Gasteiger partial charge in [-0.1, -0.05) is 12.1 Å². The molecule has 2 fully saturated rings. The molecule has 21 heavy (non-hydrogen) atoms. The van der Waals surface area contributed by atoms with Crippen molar-refractivity contribution < 1.29 is 4.79 Å². The number of aromatic nitrogens is 4.